The number of benzene rings is 2. The van der Waals surface area contributed by atoms with Crippen molar-refractivity contribution in [2.75, 3.05) is 13.2 Å². The molecule has 3 rings (SSSR count). The second-order valence-electron chi connectivity index (χ2n) is 8.58. The van der Waals surface area contributed by atoms with Gasteiger partial charge in [0.15, 0.2) is 0 Å². The summed E-state index contributed by atoms with van der Waals surface area (Å²) in [5, 5.41) is 14.2. The molecule has 3 aromatic rings. The maximum absolute atomic E-state index is 13.3. The Morgan fingerprint density at radius 2 is 1.69 bits per heavy atom. The summed E-state index contributed by atoms with van der Waals surface area (Å²) in [6, 6.07) is 10.9. The van der Waals surface area contributed by atoms with Crippen molar-refractivity contribution in [2.24, 2.45) is 5.41 Å². The molecule has 1 aromatic heterocycles. The van der Waals surface area contributed by atoms with Crippen molar-refractivity contribution in [1.29, 1.82) is 0 Å². The lowest BCUT2D eigenvalue weighted by molar-refractivity contribution is -0.125. The molecule has 0 aliphatic heterocycles. The molecule has 0 saturated carbocycles. The van der Waals surface area contributed by atoms with E-state index in [0.717, 1.165) is 4.57 Å². The van der Waals surface area contributed by atoms with E-state index in [4.69, 9.17) is 5.11 Å². The van der Waals surface area contributed by atoms with Gasteiger partial charge in [0.05, 0.1) is 24.2 Å². The zero-order valence-electron chi connectivity index (χ0n) is 18.3. The highest BCUT2D eigenvalue weighted by molar-refractivity contribution is 5.93. The molecule has 2 aromatic carbocycles. The lowest BCUT2D eigenvalue weighted by Crippen LogP contribution is -2.55. The first-order valence-corrected chi connectivity index (χ1v) is 10.3. The molecule has 0 aliphatic carbocycles. The van der Waals surface area contributed by atoms with Gasteiger partial charge in [-0.2, -0.15) is 0 Å². The molecule has 1 atom stereocenters. The fraction of sp³-hybridized carbons (Fsp3) is 0.348. The number of aliphatic hydroxyl groups is 1. The second kappa shape index (κ2) is 9.35. The third-order valence-electron chi connectivity index (χ3n) is 5.10. The van der Waals surface area contributed by atoms with Gasteiger partial charge in [-0.3, -0.25) is 9.36 Å². The fourth-order valence-corrected chi connectivity index (χ4v) is 3.47. The topological polar surface area (TPSA) is 105 Å². The van der Waals surface area contributed by atoms with E-state index in [9.17, 15) is 18.8 Å². The zero-order valence-corrected chi connectivity index (χ0v) is 18.3. The monoisotopic (exact) mass is 442 g/mol. The first-order chi connectivity index (χ1) is 15.1. The van der Waals surface area contributed by atoms with Gasteiger partial charge in [-0.25, -0.2) is 18.5 Å². The molecule has 0 fully saturated rings. The fourth-order valence-electron chi connectivity index (χ4n) is 3.47. The Bertz CT molecular complexity index is 1180. The molecule has 0 radical (unpaired) electrons. The molecule has 0 unspecified atom stereocenters. The van der Waals surface area contributed by atoms with Crippen LogP contribution in [-0.4, -0.2) is 45.4 Å². The number of carbonyl (C=O) groups is 2. The van der Waals surface area contributed by atoms with E-state index in [1.165, 1.54) is 16.7 Å². The molecule has 0 saturated heterocycles. The Kier molecular flexibility index (Phi) is 6.78. The van der Waals surface area contributed by atoms with Gasteiger partial charge in [0.1, 0.15) is 11.9 Å². The predicted octanol–water partition coefficient (Wildman–Crippen LogP) is 2.07. The number of amides is 2. The Labute approximate surface area is 184 Å². The van der Waals surface area contributed by atoms with Crippen molar-refractivity contribution in [3.63, 3.8) is 0 Å². The lowest BCUT2D eigenvalue weighted by atomic mass is 9.86. The summed E-state index contributed by atoms with van der Waals surface area (Å²) in [7, 11) is 0. The van der Waals surface area contributed by atoms with Gasteiger partial charge in [0.2, 0.25) is 5.91 Å². The maximum Gasteiger partial charge on any atom is 0.337 e. The van der Waals surface area contributed by atoms with E-state index in [2.05, 4.69) is 10.6 Å². The van der Waals surface area contributed by atoms with Crippen LogP contribution in [0.25, 0.3) is 11.0 Å². The minimum Gasteiger partial charge on any atom is -0.395 e. The molecular formula is C23H27FN4O4. The number of nitrogens with one attached hydrogen (secondary N) is 2. The number of hydrogen-bond donors (Lipinski definition) is 3. The van der Waals surface area contributed by atoms with Crippen molar-refractivity contribution in [2.45, 2.75) is 33.4 Å². The molecule has 0 aliphatic rings. The molecule has 8 nitrogen and oxygen atoms in total. The lowest BCUT2D eigenvalue weighted by Gasteiger charge is -2.30. The van der Waals surface area contributed by atoms with Gasteiger partial charge in [-0.05, 0) is 35.2 Å². The van der Waals surface area contributed by atoms with Gasteiger partial charge in [-0.15, -0.1) is 0 Å². The van der Waals surface area contributed by atoms with Gasteiger partial charge in [0, 0.05) is 6.54 Å². The van der Waals surface area contributed by atoms with Crippen LogP contribution in [-0.2, 0) is 11.3 Å². The highest BCUT2D eigenvalue weighted by atomic mass is 19.1. The third-order valence-corrected chi connectivity index (χ3v) is 5.10. The number of hydrogen-bond acceptors (Lipinski definition) is 4. The molecule has 0 bridgehead atoms. The molecule has 170 valence electrons. The van der Waals surface area contributed by atoms with Crippen molar-refractivity contribution in [3.05, 3.63) is 70.4 Å². The summed E-state index contributed by atoms with van der Waals surface area (Å²) in [5.74, 6) is -0.835. The number of rotatable bonds is 6. The standard InChI is InChI=1S/C23H27FN4O4/c1-23(2,3)19(20(30)25-12-13-29)26-21(31)28-18-7-5-4-6-17(18)27(22(28)32)14-15-8-10-16(24)11-9-15/h4-11,19,29H,12-14H2,1-3H3,(H,25,30)(H,26,31)/t19-/m1/s1. The number of aromatic nitrogens is 2. The highest BCUT2D eigenvalue weighted by Crippen LogP contribution is 2.20. The van der Waals surface area contributed by atoms with Crippen molar-refractivity contribution >= 4 is 23.0 Å². The van der Waals surface area contributed by atoms with E-state index in [1.54, 1.807) is 57.2 Å². The van der Waals surface area contributed by atoms with E-state index in [1.807, 2.05) is 0 Å². The van der Waals surface area contributed by atoms with E-state index in [0.29, 0.717) is 16.6 Å². The van der Waals surface area contributed by atoms with Crippen LogP contribution in [0.4, 0.5) is 9.18 Å². The predicted molar refractivity (Wildman–Crippen MR) is 119 cm³/mol. The van der Waals surface area contributed by atoms with Gasteiger partial charge in [0.25, 0.3) is 0 Å². The smallest absolute Gasteiger partial charge is 0.337 e. The van der Waals surface area contributed by atoms with Crippen molar-refractivity contribution < 1.29 is 19.1 Å². The summed E-state index contributed by atoms with van der Waals surface area (Å²) in [4.78, 5) is 39.0. The second-order valence-corrected chi connectivity index (χ2v) is 8.58. The molecule has 3 N–H and O–H groups in total. The molecular weight excluding hydrogens is 415 g/mol. The van der Waals surface area contributed by atoms with Gasteiger partial charge >= 0.3 is 11.7 Å². The number of nitrogens with zero attached hydrogens (tertiary/aromatic N) is 2. The number of carbonyl (C=O) groups excluding carboxylic acids is 2. The summed E-state index contributed by atoms with van der Waals surface area (Å²) in [6.45, 7) is 5.34. The quantitative estimate of drug-likeness (QED) is 0.544. The van der Waals surface area contributed by atoms with Crippen LogP contribution in [0.15, 0.2) is 53.3 Å². The first-order valence-electron chi connectivity index (χ1n) is 10.3. The zero-order chi connectivity index (χ0) is 23.5. The van der Waals surface area contributed by atoms with Crippen LogP contribution in [0.2, 0.25) is 0 Å². The van der Waals surface area contributed by atoms with Crippen molar-refractivity contribution in [3.8, 4) is 0 Å². The summed E-state index contributed by atoms with van der Waals surface area (Å²) >= 11 is 0. The van der Waals surface area contributed by atoms with E-state index < -0.39 is 29.1 Å². The van der Waals surface area contributed by atoms with Crippen LogP contribution < -0.4 is 16.3 Å². The number of para-hydroxylation sites is 2. The largest absolute Gasteiger partial charge is 0.395 e. The van der Waals surface area contributed by atoms with Crippen LogP contribution in [0.5, 0.6) is 0 Å². The van der Waals surface area contributed by atoms with Crippen LogP contribution >= 0.6 is 0 Å². The number of imidazole rings is 1. The average molecular weight is 442 g/mol. The first kappa shape index (κ1) is 23.2. The summed E-state index contributed by atoms with van der Waals surface area (Å²) < 4.78 is 15.7. The number of aliphatic hydroxyl groups excluding tert-OH is 1. The third kappa shape index (κ3) is 4.88. The van der Waals surface area contributed by atoms with Crippen LogP contribution in [0.3, 0.4) is 0 Å². The SMILES string of the molecule is CC(C)(C)[C@H](NC(=O)n1c(=O)n(Cc2ccc(F)cc2)c2ccccc21)C(=O)NCCO. The van der Waals surface area contributed by atoms with E-state index in [-0.39, 0.29) is 25.5 Å². The summed E-state index contributed by atoms with van der Waals surface area (Å²) in [6.07, 6.45) is 0. The molecule has 1 heterocycles. The van der Waals surface area contributed by atoms with Crippen molar-refractivity contribution in [1.82, 2.24) is 19.8 Å². The summed E-state index contributed by atoms with van der Waals surface area (Å²) in [5.41, 5.74) is 0.407. The Morgan fingerprint density at radius 3 is 2.28 bits per heavy atom. The van der Waals surface area contributed by atoms with Crippen LogP contribution in [0, 0.1) is 11.2 Å². The molecule has 2 amide bonds. The molecule has 9 heteroatoms. The number of fused-ring (bicyclic) bond motifs is 1. The highest BCUT2D eigenvalue weighted by Gasteiger charge is 2.34. The number of halogens is 1. The van der Waals surface area contributed by atoms with Gasteiger partial charge in [-0.1, -0.05) is 45.0 Å². The van der Waals surface area contributed by atoms with Gasteiger partial charge < -0.3 is 15.7 Å². The Morgan fingerprint density at radius 1 is 1.06 bits per heavy atom. The Balaban J connectivity index is 1.99. The maximum atomic E-state index is 13.3. The molecule has 32 heavy (non-hydrogen) atoms. The molecule has 0 spiro atoms. The van der Waals surface area contributed by atoms with E-state index >= 15 is 0 Å². The Hall–Kier alpha value is -3.46. The minimum absolute atomic E-state index is 0.0538. The normalized spacial score (nSPS) is 12.5. The van der Waals surface area contributed by atoms with Crippen LogP contribution in [0.1, 0.15) is 26.3 Å². The average Bonchev–Trinajstić information content (AvgIpc) is 3.02. The minimum atomic E-state index is -0.937.